The average molecular weight is 317 g/mol. The second kappa shape index (κ2) is 5.25. The zero-order valence-corrected chi connectivity index (χ0v) is 12.4. The summed E-state index contributed by atoms with van der Waals surface area (Å²) in [4.78, 5) is 2.38. The highest BCUT2D eigenvalue weighted by atomic mass is 79.9. The lowest BCUT2D eigenvalue weighted by molar-refractivity contribution is 0.767. The van der Waals surface area contributed by atoms with Crippen LogP contribution in [0.25, 0.3) is 0 Å². The fourth-order valence-corrected chi connectivity index (χ4v) is 3.10. The summed E-state index contributed by atoms with van der Waals surface area (Å²) in [6.45, 7) is 2.00. The van der Waals surface area contributed by atoms with E-state index < -0.39 is 0 Å². The van der Waals surface area contributed by atoms with Crippen LogP contribution in [0.1, 0.15) is 17.5 Å². The molecule has 0 aliphatic carbocycles. The van der Waals surface area contributed by atoms with Gasteiger partial charge in [-0.15, -0.1) is 0 Å². The lowest BCUT2D eigenvalue weighted by Gasteiger charge is -2.24. The van der Waals surface area contributed by atoms with E-state index in [0.29, 0.717) is 0 Å². The molecule has 3 rings (SSSR count). The number of anilines is 2. The number of nitrogens with zero attached hydrogens (tertiary/aromatic N) is 1. The standard InChI is InChI=1S/C16H17BrN2/c17-14-7-8-16(15(18)10-14)19-9-3-6-12-4-1-2-5-13(12)11-19/h1-2,4-5,7-8,10H,3,6,9,11,18H2. The first-order valence-corrected chi connectivity index (χ1v) is 7.40. The molecule has 1 heterocycles. The molecule has 0 amide bonds. The predicted octanol–water partition coefficient (Wildman–Crippen LogP) is 3.98. The first kappa shape index (κ1) is 12.5. The molecule has 2 nitrogen and oxygen atoms in total. The van der Waals surface area contributed by atoms with Gasteiger partial charge in [0.15, 0.2) is 0 Å². The van der Waals surface area contributed by atoms with E-state index >= 15 is 0 Å². The van der Waals surface area contributed by atoms with Crippen LogP contribution in [0.15, 0.2) is 46.9 Å². The van der Waals surface area contributed by atoms with E-state index in [9.17, 15) is 0 Å². The van der Waals surface area contributed by atoms with E-state index in [-0.39, 0.29) is 0 Å². The van der Waals surface area contributed by atoms with Crippen molar-refractivity contribution in [2.75, 3.05) is 17.2 Å². The molecule has 2 N–H and O–H groups in total. The molecule has 0 fully saturated rings. The molecule has 2 aromatic rings. The molecule has 19 heavy (non-hydrogen) atoms. The van der Waals surface area contributed by atoms with Gasteiger partial charge in [0.05, 0.1) is 11.4 Å². The Labute approximate surface area is 122 Å². The van der Waals surface area contributed by atoms with E-state index in [1.165, 1.54) is 17.5 Å². The third kappa shape index (κ3) is 2.61. The van der Waals surface area contributed by atoms with Gasteiger partial charge in [-0.2, -0.15) is 0 Å². The molecule has 98 valence electrons. The molecular weight excluding hydrogens is 300 g/mol. The molecule has 0 aromatic heterocycles. The Bertz CT molecular complexity index is 595. The number of rotatable bonds is 1. The summed E-state index contributed by atoms with van der Waals surface area (Å²) in [5.41, 5.74) is 11.0. The van der Waals surface area contributed by atoms with Gasteiger partial charge in [0, 0.05) is 17.6 Å². The highest BCUT2D eigenvalue weighted by Gasteiger charge is 2.16. The Morgan fingerprint density at radius 1 is 1.05 bits per heavy atom. The van der Waals surface area contributed by atoms with Gasteiger partial charge in [-0.25, -0.2) is 0 Å². The van der Waals surface area contributed by atoms with Gasteiger partial charge in [0.25, 0.3) is 0 Å². The molecule has 0 radical (unpaired) electrons. The Morgan fingerprint density at radius 2 is 1.84 bits per heavy atom. The summed E-state index contributed by atoms with van der Waals surface area (Å²) in [5.74, 6) is 0. The molecule has 0 bridgehead atoms. The van der Waals surface area contributed by atoms with Crippen LogP contribution >= 0.6 is 15.9 Å². The minimum absolute atomic E-state index is 0.841. The highest BCUT2D eigenvalue weighted by molar-refractivity contribution is 9.10. The lowest BCUT2D eigenvalue weighted by Crippen LogP contribution is -2.23. The monoisotopic (exact) mass is 316 g/mol. The van der Waals surface area contributed by atoms with E-state index in [1.54, 1.807) is 0 Å². The first-order valence-electron chi connectivity index (χ1n) is 6.61. The molecule has 1 aliphatic heterocycles. The van der Waals surface area contributed by atoms with Gasteiger partial charge in [-0.05, 0) is 42.2 Å². The predicted molar refractivity (Wildman–Crippen MR) is 84.4 cm³/mol. The average Bonchev–Trinajstić information content (AvgIpc) is 2.60. The second-order valence-electron chi connectivity index (χ2n) is 5.00. The fourth-order valence-electron chi connectivity index (χ4n) is 2.72. The summed E-state index contributed by atoms with van der Waals surface area (Å²) in [6, 6.07) is 14.9. The molecule has 0 saturated heterocycles. The first-order chi connectivity index (χ1) is 9.24. The zero-order valence-electron chi connectivity index (χ0n) is 10.8. The van der Waals surface area contributed by atoms with Crippen LogP contribution in [0.3, 0.4) is 0 Å². The number of halogens is 1. The van der Waals surface area contributed by atoms with Gasteiger partial charge in [0.2, 0.25) is 0 Å². The summed E-state index contributed by atoms with van der Waals surface area (Å²) in [6.07, 6.45) is 2.33. The lowest BCUT2D eigenvalue weighted by atomic mass is 10.0. The molecule has 0 saturated carbocycles. The minimum atomic E-state index is 0.841. The van der Waals surface area contributed by atoms with Crippen LogP contribution in [0, 0.1) is 0 Å². The maximum Gasteiger partial charge on any atom is 0.0603 e. The Kier molecular flexibility index (Phi) is 3.47. The maximum atomic E-state index is 6.15. The van der Waals surface area contributed by atoms with E-state index in [1.807, 2.05) is 6.07 Å². The van der Waals surface area contributed by atoms with Crippen LogP contribution in [0.4, 0.5) is 11.4 Å². The molecular formula is C16H17BrN2. The van der Waals surface area contributed by atoms with Crippen molar-refractivity contribution in [2.24, 2.45) is 0 Å². The topological polar surface area (TPSA) is 29.3 Å². The van der Waals surface area contributed by atoms with Gasteiger partial charge >= 0.3 is 0 Å². The van der Waals surface area contributed by atoms with Gasteiger partial charge in [-0.1, -0.05) is 40.2 Å². The zero-order chi connectivity index (χ0) is 13.2. The van der Waals surface area contributed by atoms with Crippen LogP contribution in [-0.4, -0.2) is 6.54 Å². The summed E-state index contributed by atoms with van der Waals surface area (Å²) in [7, 11) is 0. The van der Waals surface area contributed by atoms with Crippen molar-refractivity contribution < 1.29 is 0 Å². The van der Waals surface area contributed by atoms with Crippen molar-refractivity contribution in [1.82, 2.24) is 0 Å². The molecule has 3 heteroatoms. The van der Waals surface area contributed by atoms with Crippen molar-refractivity contribution >= 4 is 27.3 Å². The summed E-state index contributed by atoms with van der Waals surface area (Å²) >= 11 is 3.46. The van der Waals surface area contributed by atoms with Gasteiger partial charge in [0.1, 0.15) is 0 Å². The number of hydrogen-bond acceptors (Lipinski definition) is 2. The van der Waals surface area contributed by atoms with Crippen LogP contribution in [-0.2, 0) is 13.0 Å². The largest absolute Gasteiger partial charge is 0.397 e. The number of nitrogen functional groups attached to an aromatic ring is 1. The van der Waals surface area contributed by atoms with Crippen LogP contribution < -0.4 is 10.6 Å². The van der Waals surface area contributed by atoms with Crippen molar-refractivity contribution in [3.8, 4) is 0 Å². The van der Waals surface area contributed by atoms with Gasteiger partial charge in [-0.3, -0.25) is 0 Å². The SMILES string of the molecule is Nc1cc(Br)ccc1N1CCCc2ccccc2C1. The van der Waals surface area contributed by atoms with Crippen molar-refractivity contribution in [3.05, 3.63) is 58.1 Å². The minimum Gasteiger partial charge on any atom is -0.397 e. The van der Waals surface area contributed by atoms with E-state index in [4.69, 9.17) is 5.73 Å². The Morgan fingerprint density at radius 3 is 2.63 bits per heavy atom. The number of hydrogen-bond donors (Lipinski definition) is 1. The molecule has 2 aromatic carbocycles. The smallest absolute Gasteiger partial charge is 0.0603 e. The molecule has 0 spiro atoms. The summed E-state index contributed by atoms with van der Waals surface area (Å²) < 4.78 is 1.03. The van der Waals surface area contributed by atoms with Crippen LogP contribution in [0.2, 0.25) is 0 Å². The number of benzene rings is 2. The third-order valence-electron chi connectivity index (χ3n) is 3.68. The number of fused-ring (bicyclic) bond motifs is 1. The second-order valence-corrected chi connectivity index (χ2v) is 5.91. The number of nitrogens with two attached hydrogens (primary N) is 1. The fraction of sp³-hybridized carbons (Fsp3) is 0.250. The maximum absolute atomic E-state index is 6.15. The van der Waals surface area contributed by atoms with Gasteiger partial charge < -0.3 is 10.6 Å². The third-order valence-corrected chi connectivity index (χ3v) is 4.18. The van der Waals surface area contributed by atoms with E-state index in [2.05, 4.69) is 57.2 Å². The van der Waals surface area contributed by atoms with E-state index in [0.717, 1.165) is 35.4 Å². The molecule has 0 atom stereocenters. The highest BCUT2D eigenvalue weighted by Crippen LogP contribution is 2.30. The molecule has 0 unspecified atom stereocenters. The van der Waals surface area contributed by atoms with Crippen LogP contribution in [0.5, 0.6) is 0 Å². The van der Waals surface area contributed by atoms with Crippen molar-refractivity contribution in [2.45, 2.75) is 19.4 Å². The Balaban J connectivity index is 1.94. The van der Waals surface area contributed by atoms with Crippen molar-refractivity contribution in [3.63, 3.8) is 0 Å². The quantitative estimate of drug-likeness (QED) is 0.806. The van der Waals surface area contributed by atoms with Crippen molar-refractivity contribution in [1.29, 1.82) is 0 Å². The molecule has 1 aliphatic rings. The Hall–Kier alpha value is -1.48. The normalized spacial score (nSPS) is 14.9. The number of aryl methyl sites for hydroxylation is 1. The summed E-state index contributed by atoms with van der Waals surface area (Å²) in [5, 5.41) is 0.